The molecule has 1 fully saturated rings. The topological polar surface area (TPSA) is 94.5 Å². The quantitative estimate of drug-likeness (QED) is 0.261. The van der Waals surface area contributed by atoms with E-state index in [2.05, 4.69) is 13.8 Å². The zero-order valence-corrected chi connectivity index (χ0v) is 22.2. The number of carboxylic acids is 1. The van der Waals surface area contributed by atoms with E-state index in [1.807, 2.05) is 29.2 Å². The Kier molecular flexibility index (Phi) is 11.1. The molecule has 1 aliphatic rings. The van der Waals surface area contributed by atoms with Gasteiger partial charge in [-0.1, -0.05) is 44.9 Å². The van der Waals surface area contributed by atoms with E-state index in [-0.39, 0.29) is 12.5 Å². The molecule has 1 N–H and O–H groups in total. The van der Waals surface area contributed by atoms with Gasteiger partial charge in [0, 0.05) is 25.1 Å². The van der Waals surface area contributed by atoms with Crippen molar-refractivity contribution < 1.29 is 33.6 Å². The van der Waals surface area contributed by atoms with Crippen molar-refractivity contribution >= 4 is 11.9 Å². The maximum Gasteiger partial charge on any atom is 0.373 e. The number of nitrogens with zero attached hydrogens (tertiary/aromatic N) is 1. The molecule has 202 valence electrons. The third-order valence-corrected chi connectivity index (χ3v) is 6.29. The molecule has 37 heavy (non-hydrogen) atoms. The molecule has 1 heterocycles. The number of likely N-dealkylation sites (tertiary alicyclic amines) is 1. The number of para-hydroxylation sites is 1. The molecule has 0 spiro atoms. The van der Waals surface area contributed by atoms with Crippen LogP contribution in [0.2, 0.25) is 0 Å². The lowest BCUT2D eigenvalue weighted by Crippen LogP contribution is -2.31. The number of hydrogen-bond donors (Lipinski definition) is 1. The number of carbonyl (C=O) groups is 2. The molecule has 1 aliphatic heterocycles. The first-order valence-electron chi connectivity index (χ1n) is 13.2. The summed E-state index contributed by atoms with van der Waals surface area (Å²) in [4.78, 5) is 26.6. The fourth-order valence-electron chi connectivity index (χ4n) is 4.52. The fraction of sp³-hybridized carbons (Fsp3) is 0.517. The SMILES string of the molecule is CCCc1ccccc1OC(OCCCOc1ccc(C(=O)N2CCCC2)c(OC)c1CCC)C(=O)O. The van der Waals surface area contributed by atoms with Gasteiger partial charge >= 0.3 is 5.97 Å². The normalized spacial score (nSPS) is 13.9. The molecular formula is C29H39NO7. The Bertz CT molecular complexity index is 1030. The van der Waals surface area contributed by atoms with Crippen LogP contribution in [0.1, 0.15) is 67.4 Å². The Morgan fingerprint density at radius 1 is 0.973 bits per heavy atom. The second-order valence-electron chi connectivity index (χ2n) is 9.09. The first-order valence-corrected chi connectivity index (χ1v) is 13.2. The van der Waals surface area contributed by atoms with Crippen molar-refractivity contribution in [1.29, 1.82) is 0 Å². The highest BCUT2D eigenvalue weighted by molar-refractivity contribution is 5.98. The van der Waals surface area contributed by atoms with E-state index in [1.165, 1.54) is 0 Å². The van der Waals surface area contributed by atoms with Crippen LogP contribution in [-0.2, 0) is 22.4 Å². The van der Waals surface area contributed by atoms with Crippen LogP contribution in [0.3, 0.4) is 0 Å². The second-order valence-corrected chi connectivity index (χ2v) is 9.09. The van der Waals surface area contributed by atoms with Crippen molar-refractivity contribution in [3.63, 3.8) is 0 Å². The summed E-state index contributed by atoms with van der Waals surface area (Å²) < 4.78 is 22.9. The summed E-state index contributed by atoms with van der Waals surface area (Å²) in [6, 6.07) is 11.0. The van der Waals surface area contributed by atoms with Gasteiger partial charge in [-0.2, -0.15) is 0 Å². The third kappa shape index (κ3) is 7.61. The average Bonchev–Trinajstić information content (AvgIpc) is 3.44. The van der Waals surface area contributed by atoms with Crippen molar-refractivity contribution in [2.24, 2.45) is 0 Å². The minimum Gasteiger partial charge on any atom is -0.495 e. The lowest BCUT2D eigenvalue weighted by atomic mass is 10.0. The van der Waals surface area contributed by atoms with Gasteiger partial charge in [0.2, 0.25) is 0 Å². The highest BCUT2D eigenvalue weighted by Gasteiger charge is 2.26. The van der Waals surface area contributed by atoms with E-state index in [0.29, 0.717) is 42.3 Å². The number of aliphatic carboxylic acids is 1. The Morgan fingerprint density at radius 3 is 2.38 bits per heavy atom. The molecule has 0 aliphatic carbocycles. The molecule has 1 amide bonds. The Labute approximate surface area is 219 Å². The van der Waals surface area contributed by atoms with E-state index in [1.54, 1.807) is 19.2 Å². The van der Waals surface area contributed by atoms with Crippen LogP contribution in [0.4, 0.5) is 0 Å². The summed E-state index contributed by atoms with van der Waals surface area (Å²) in [7, 11) is 1.58. The van der Waals surface area contributed by atoms with Gasteiger partial charge in [0.1, 0.15) is 17.2 Å². The molecule has 0 aromatic heterocycles. The highest BCUT2D eigenvalue weighted by Crippen LogP contribution is 2.35. The van der Waals surface area contributed by atoms with Gasteiger partial charge in [0.15, 0.2) is 0 Å². The minimum absolute atomic E-state index is 0.00752. The zero-order chi connectivity index (χ0) is 26.6. The first kappa shape index (κ1) is 28.3. The van der Waals surface area contributed by atoms with Crippen molar-refractivity contribution in [3.8, 4) is 17.2 Å². The maximum atomic E-state index is 13.0. The lowest BCUT2D eigenvalue weighted by molar-refractivity contribution is -0.171. The van der Waals surface area contributed by atoms with E-state index >= 15 is 0 Å². The summed E-state index contributed by atoms with van der Waals surface area (Å²) in [5, 5.41) is 9.57. The second kappa shape index (κ2) is 14.5. The molecule has 2 aromatic carbocycles. The summed E-state index contributed by atoms with van der Waals surface area (Å²) in [5.74, 6) is 0.564. The van der Waals surface area contributed by atoms with Crippen LogP contribution < -0.4 is 14.2 Å². The van der Waals surface area contributed by atoms with Gasteiger partial charge in [0.25, 0.3) is 12.2 Å². The van der Waals surface area contributed by atoms with Gasteiger partial charge in [-0.25, -0.2) is 4.79 Å². The number of rotatable bonds is 15. The van der Waals surface area contributed by atoms with Gasteiger partial charge in [0.05, 0.1) is 25.9 Å². The minimum atomic E-state index is -1.40. The van der Waals surface area contributed by atoms with Crippen molar-refractivity contribution in [2.45, 2.75) is 65.1 Å². The van der Waals surface area contributed by atoms with E-state index in [9.17, 15) is 14.7 Å². The number of methoxy groups -OCH3 is 1. The molecule has 2 aromatic rings. The Hall–Kier alpha value is -3.26. The molecule has 3 rings (SSSR count). The number of benzene rings is 2. The van der Waals surface area contributed by atoms with Gasteiger partial charge in [-0.15, -0.1) is 0 Å². The largest absolute Gasteiger partial charge is 0.495 e. The summed E-state index contributed by atoms with van der Waals surface area (Å²) >= 11 is 0. The average molecular weight is 514 g/mol. The number of aryl methyl sites for hydroxylation is 1. The number of carboxylic acid groups (broad SMARTS) is 1. The van der Waals surface area contributed by atoms with E-state index in [4.69, 9.17) is 18.9 Å². The summed E-state index contributed by atoms with van der Waals surface area (Å²) in [6.45, 7) is 6.14. The first-order chi connectivity index (χ1) is 18.0. The van der Waals surface area contributed by atoms with E-state index < -0.39 is 12.3 Å². The van der Waals surface area contributed by atoms with Crippen molar-refractivity contribution in [2.75, 3.05) is 33.4 Å². The smallest absolute Gasteiger partial charge is 0.373 e. The third-order valence-electron chi connectivity index (χ3n) is 6.29. The molecule has 8 heteroatoms. The summed E-state index contributed by atoms with van der Waals surface area (Å²) in [5.41, 5.74) is 2.39. The molecule has 0 bridgehead atoms. The number of carbonyl (C=O) groups excluding carboxylic acids is 1. The fourth-order valence-corrected chi connectivity index (χ4v) is 4.52. The number of amides is 1. The van der Waals surface area contributed by atoms with Crippen LogP contribution in [0.15, 0.2) is 36.4 Å². The van der Waals surface area contributed by atoms with Crippen LogP contribution in [0, 0.1) is 0 Å². The molecule has 8 nitrogen and oxygen atoms in total. The molecule has 0 radical (unpaired) electrons. The molecular weight excluding hydrogens is 474 g/mol. The monoisotopic (exact) mass is 513 g/mol. The van der Waals surface area contributed by atoms with Gasteiger partial charge in [-0.05, 0) is 49.4 Å². The van der Waals surface area contributed by atoms with Gasteiger partial charge in [-0.3, -0.25) is 4.79 Å². The molecule has 0 saturated carbocycles. The van der Waals surface area contributed by atoms with Crippen LogP contribution in [-0.4, -0.2) is 61.6 Å². The predicted molar refractivity (Wildman–Crippen MR) is 141 cm³/mol. The zero-order valence-electron chi connectivity index (χ0n) is 22.2. The lowest BCUT2D eigenvalue weighted by Gasteiger charge is -2.21. The molecule has 1 atom stereocenters. The predicted octanol–water partition coefficient (Wildman–Crippen LogP) is 5.11. The van der Waals surface area contributed by atoms with Crippen LogP contribution in [0.5, 0.6) is 17.2 Å². The van der Waals surface area contributed by atoms with Crippen LogP contribution >= 0.6 is 0 Å². The van der Waals surface area contributed by atoms with Crippen molar-refractivity contribution in [3.05, 3.63) is 53.1 Å². The van der Waals surface area contributed by atoms with Crippen LogP contribution in [0.25, 0.3) is 0 Å². The standard InChI is InChI=1S/C29H39NO7/c1-4-11-21-13-6-7-14-24(21)37-29(28(32)33)36-20-10-19-35-25-16-15-23(26(34-3)22(25)12-5-2)27(31)30-17-8-9-18-30/h6-7,13-16,29H,4-5,8-12,17-20H2,1-3H3,(H,32,33). The maximum absolute atomic E-state index is 13.0. The summed E-state index contributed by atoms with van der Waals surface area (Å²) in [6.07, 6.45) is 4.42. The number of hydrogen-bond acceptors (Lipinski definition) is 6. The number of ether oxygens (including phenoxy) is 4. The van der Waals surface area contributed by atoms with Gasteiger partial charge < -0.3 is 29.0 Å². The molecule has 1 unspecified atom stereocenters. The highest BCUT2D eigenvalue weighted by atomic mass is 16.7. The van der Waals surface area contributed by atoms with E-state index in [0.717, 1.165) is 56.3 Å². The molecule has 1 saturated heterocycles. The Morgan fingerprint density at radius 2 is 1.70 bits per heavy atom. The Balaban J connectivity index is 1.59. The van der Waals surface area contributed by atoms with Crippen molar-refractivity contribution in [1.82, 2.24) is 4.90 Å².